The lowest BCUT2D eigenvalue weighted by atomic mass is 10.3. The molecule has 0 bridgehead atoms. The van der Waals surface area contributed by atoms with Crippen molar-refractivity contribution in [2.75, 3.05) is 6.61 Å². The molecule has 0 saturated carbocycles. The second-order valence-electron chi connectivity index (χ2n) is 2.56. The van der Waals surface area contributed by atoms with E-state index in [0.29, 0.717) is 10.8 Å². The van der Waals surface area contributed by atoms with Crippen LogP contribution in [0.3, 0.4) is 0 Å². The van der Waals surface area contributed by atoms with Gasteiger partial charge in [0.15, 0.2) is 0 Å². The molecule has 0 aliphatic rings. The van der Waals surface area contributed by atoms with Gasteiger partial charge in [-0.25, -0.2) is 0 Å². The van der Waals surface area contributed by atoms with Crippen LogP contribution in [0.5, 0.6) is 5.75 Å². The van der Waals surface area contributed by atoms with Crippen molar-refractivity contribution >= 4 is 17.3 Å². The Hall–Kier alpha value is -1.55. The molecule has 0 aromatic heterocycles. The maximum absolute atomic E-state index is 10.4. The molecule has 4 nitrogen and oxygen atoms in total. The second-order valence-corrected chi connectivity index (χ2v) is 3.09. The van der Waals surface area contributed by atoms with E-state index in [2.05, 4.69) is 6.58 Å². The van der Waals surface area contributed by atoms with Crippen molar-refractivity contribution in [3.05, 3.63) is 46.0 Å². The van der Waals surface area contributed by atoms with E-state index >= 15 is 0 Å². The topological polar surface area (TPSA) is 52.4 Å². The molecule has 14 heavy (non-hydrogen) atoms. The third-order valence-corrected chi connectivity index (χ3v) is 1.53. The molecule has 0 fully saturated rings. The minimum Gasteiger partial charge on any atom is -0.488 e. The molecule has 0 spiro atoms. The molecule has 0 aliphatic heterocycles. The first-order chi connectivity index (χ1) is 6.59. The van der Waals surface area contributed by atoms with Gasteiger partial charge in [-0.2, -0.15) is 0 Å². The van der Waals surface area contributed by atoms with E-state index in [1.54, 1.807) is 12.1 Å². The molecule has 1 aromatic carbocycles. The van der Waals surface area contributed by atoms with Crippen molar-refractivity contribution in [2.24, 2.45) is 0 Å². The molecule has 1 aromatic rings. The van der Waals surface area contributed by atoms with Gasteiger partial charge in [0.1, 0.15) is 12.4 Å². The van der Waals surface area contributed by atoms with Crippen LogP contribution in [0, 0.1) is 10.1 Å². The summed E-state index contributed by atoms with van der Waals surface area (Å²) >= 11 is 5.48. The summed E-state index contributed by atoms with van der Waals surface area (Å²) in [7, 11) is 0. The van der Waals surface area contributed by atoms with Crippen molar-refractivity contribution in [3.8, 4) is 5.75 Å². The summed E-state index contributed by atoms with van der Waals surface area (Å²) in [5.74, 6) is 0.404. The van der Waals surface area contributed by atoms with Crippen molar-refractivity contribution in [1.29, 1.82) is 0 Å². The summed E-state index contributed by atoms with van der Waals surface area (Å²) < 4.78 is 5.12. The number of ether oxygens (including phenoxy) is 1. The SMILES string of the molecule is C=C(Cl)COc1cccc([N+](=O)[O-])c1. The molecule has 0 amide bonds. The molecule has 0 unspecified atom stereocenters. The smallest absolute Gasteiger partial charge is 0.273 e. The highest BCUT2D eigenvalue weighted by molar-refractivity contribution is 6.29. The fourth-order valence-corrected chi connectivity index (χ4v) is 0.903. The van der Waals surface area contributed by atoms with Gasteiger partial charge in [0.25, 0.3) is 5.69 Å². The van der Waals surface area contributed by atoms with Crippen LogP contribution in [0.4, 0.5) is 5.69 Å². The number of halogens is 1. The molecular formula is C9H8ClNO3. The van der Waals surface area contributed by atoms with Crippen molar-refractivity contribution in [1.82, 2.24) is 0 Å². The number of nitro groups is 1. The normalized spacial score (nSPS) is 9.50. The average Bonchev–Trinajstić information content (AvgIpc) is 2.15. The highest BCUT2D eigenvalue weighted by Gasteiger charge is 2.05. The summed E-state index contributed by atoms with van der Waals surface area (Å²) in [5.41, 5.74) is -0.0114. The second kappa shape index (κ2) is 4.62. The lowest BCUT2D eigenvalue weighted by Gasteiger charge is -2.03. The first-order valence-electron chi connectivity index (χ1n) is 3.80. The highest BCUT2D eigenvalue weighted by atomic mass is 35.5. The fraction of sp³-hybridized carbons (Fsp3) is 0.111. The maximum atomic E-state index is 10.4. The van der Waals surface area contributed by atoms with Crippen LogP contribution in [0.15, 0.2) is 35.9 Å². The largest absolute Gasteiger partial charge is 0.488 e. The number of rotatable bonds is 4. The van der Waals surface area contributed by atoms with E-state index in [4.69, 9.17) is 16.3 Å². The predicted octanol–water partition coefficient (Wildman–Crippen LogP) is 2.73. The van der Waals surface area contributed by atoms with Crippen LogP contribution in [-0.4, -0.2) is 11.5 Å². The Morgan fingerprint density at radius 2 is 2.36 bits per heavy atom. The Balaban J connectivity index is 2.73. The number of non-ortho nitro benzene ring substituents is 1. The fourth-order valence-electron chi connectivity index (χ4n) is 0.849. The molecule has 0 atom stereocenters. The molecule has 5 heteroatoms. The predicted molar refractivity (Wildman–Crippen MR) is 53.6 cm³/mol. The molecule has 0 aliphatic carbocycles. The zero-order valence-corrected chi connectivity index (χ0v) is 8.03. The van der Waals surface area contributed by atoms with E-state index in [1.165, 1.54) is 12.1 Å². The van der Waals surface area contributed by atoms with E-state index in [1.807, 2.05) is 0 Å². The van der Waals surface area contributed by atoms with Gasteiger partial charge in [0.05, 0.1) is 11.0 Å². The Morgan fingerprint density at radius 1 is 1.64 bits per heavy atom. The number of nitrogens with zero attached hydrogens (tertiary/aromatic N) is 1. The van der Waals surface area contributed by atoms with Gasteiger partial charge < -0.3 is 4.74 Å². The van der Waals surface area contributed by atoms with Gasteiger partial charge in [-0.1, -0.05) is 24.2 Å². The molecule has 0 radical (unpaired) electrons. The summed E-state index contributed by atoms with van der Waals surface area (Å²) in [4.78, 5) is 9.91. The zero-order chi connectivity index (χ0) is 10.6. The van der Waals surface area contributed by atoms with Crippen molar-refractivity contribution in [2.45, 2.75) is 0 Å². The van der Waals surface area contributed by atoms with Gasteiger partial charge in [0.2, 0.25) is 0 Å². The molecule has 0 heterocycles. The Morgan fingerprint density at radius 3 is 2.93 bits per heavy atom. The molecule has 0 saturated heterocycles. The number of benzene rings is 1. The van der Waals surface area contributed by atoms with Crippen LogP contribution in [-0.2, 0) is 0 Å². The third-order valence-electron chi connectivity index (χ3n) is 1.42. The summed E-state index contributed by atoms with van der Waals surface area (Å²) in [6.07, 6.45) is 0. The minimum atomic E-state index is -0.484. The highest BCUT2D eigenvalue weighted by Crippen LogP contribution is 2.19. The van der Waals surface area contributed by atoms with Crippen LogP contribution < -0.4 is 4.74 Å². The van der Waals surface area contributed by atoms with E-state index in [-0.39, 0.29) is 12.3 Å². The number of hydrogen-bond donors (Lipinski definition) is 0. The van der Waals surface area contributed by atoms with E-state index in [0.717, 1.165) is 0 Å². The van der Waals surface area contributed by atoms with Gasteiger partial charge in [0, 0.05) is 11.1 Å². The summed E-state index contributed by atoms with van der Waals surface area (Å²) in [6.45, 7) is 3.58. The summed E-state index contributed by atoms with van der Waals surface area (Å²) in [6, 6.07) is 5.89. The van der Waals surface area contributed by atoms with Crippen molar-refractivity contribution in [3.63, 3.8) is 0 Å². The van der Waals surface area contributed by atoms with Crippen LogP contribution in [0.2, 0.25) is 0 Å². The molecule has 74 valence electrons. The Kier molecular flexibility index (Phi) is 3.48. The van der Waals surface area contributed by atoms with E-state index < -0.39 is 4.92 Å². The standard InChI is InChI=1S/C9H8ClNO3/c1-7(10)6-14-9-4-2-3-8(5-9)11(12)13/h2-5H,1,6H2. The van der Waals surface area contributed by atoms with E-state index in [9.17, 15) is 10.1 Å². The molecule has 1 rings (SSSR count). The lowest BCUT2D eigenvalue weighted by Crippen LogP contribution is -1.96. The van der Waals surface area contributed by atoms with Gasteiger partial charge in [-0.05, 0) is 6.07 Å². The monoisotopic (exact) mass is 213 g/mol. The third kappa shape index (κ3) is 3.06. The van der Waals surface area contributed by atoms with Crippen LogP contribution >= 0.6 is 11.6 Å². The summed E-state index contributed by atoms with van der Waals surface area (Å²) in [5, 5.41) is 10.7. The first kappa shape index (κ1) is 10.5. The van der Waals surface area contributed by atoms with Crippen molar-refractivity contribution < 1.29 is 9.66 Å². The number of hydrogen-bond acceptors (Lipinski definition) is 3. The quantitative estimate of drug-likeness (QED) is 0.571. The lowest BCUT2D eigenvalue weighted by molar-refractivity contribution is -0.384. The Bertz CT molecular complexity index is 365. The van der Waals surface area contributed by atoms with Crippen LogP contribution in [0.25, 0.3) is 0 Å². The number of nitro benzene ring substituents is 1. The molecule has 0 N–H and O–H groups in total. The zero-order valence-electron chi connectivity index (χ0n) is 7.27. The van der Waals surface area contributed by atoms with Gasteiger partial charge in [-0.15, -0.1) is 0 Å². The minimum absolute atomic E-state index is 0.0114. The van der Waals surface area contributed by atoms with Gasteiger partial charge >= 0.3 is 0 Å². The van der Waals surface area contributed by atoms with Crippen LogP contribution in [0.1, 0.15) is 0 Å². The first-order valence-corrected chi connectivity index (χ1v) is 4.18. The maximum Gasteiger partial charge on any atom is 0.273 e. The molecular weight excluding hydrogens is 206 g/mol. The van der Waals surface area contributed by atoms with Gasteiger partial charge in [-0.3, -0.25) is 10.1 Å². The average molecular weight is 214 g/mol. The Labute approximate surface area is 85.9 Å².